The maximum Gasteiger partial charge on any atom is 0.322 e. The quantitative estimate of drug-likeness (QED) is 0.910. The van der Waals surface area contributed by atoms with Gasteiger partial charge in [0.15, 0.2) is 11.6 Å². The van der Waals surface area contributed by atoms with E-state index in [0.717, 1.165) is 17.8 Å². The van der Waals surface area contributed by atoms with Gasteiger partial charge in [0.05, 0.1) is 0 Å². The molecule has 0 unspecified atom stereocenters. The summed E-state index contributed by atoms with van der Waals surface area (Å²) in [6.45, 7) is 7.20. The van der Waals surface area contributed by atoms with Crippen LogP contribution in [0.25, 0.3) is 0 Å². The molecule has 0 saturated heterocycles. The smallest absolute Gasteiger partial charge is 0.322 e. The fourth-order valence-electron chi connectivity index (χ4n) is 1.75. The van der Waals surface area contributed by atoms with Gasteiger partial charge in [-0.3, -0.25) is 0 Å². The van der Waals surface area contributed by atoms with Crippen molar-refractivity contribution >= 4 is 0 Å². The van der Waals surface area contributed by atoms with Crippen LogP contribution in [0, 0.1) is 19.7 Å². The molecule has 2 aromatic rings. The summed E-state index contributed by atoms with van der Waals surface area (Å²) in [5.41, 5.74) is 2.36. The second-order valence-electron chi connectivity index (χ2n) is 4.53. The van der Waals surface area contributed by atoms with Gasteiger partial charge >= 0.3 is 6.01 Å². The van der Waals surface area contributed by atoms with Crippen molar-refractivity contribution in [2.24, 2.45) is 0 Å². The summed E-state index contributed by atoms with van der Waals surface area (Å²) in [4.78, 5) is 8.37. The van der Waals surface area contributed by atoms with Crippen molar-refractivity contribution in [1.82, 2.24) is 15.3 Å². The van der Waals surface area contributed by atoms with E-state index >= 15 is 0 Å². The molecule has 0 aliphatic carbocycles. The second kappa shape index (κ2) is 6.43. The molecule has 5 heteroatoms. The van der Waals surface area contributed by atoms with E-state index in [0.29, 0.717) is 12.1 Å². The third-order valence-corrected chi connectivity index (χ3v) is 2.98. The molecule has 0 aliphatic rings. The molecule has 1 heterocycles. The van der Waals surface area contributed by atoms with Crippen molar-refractivity contribution in [3.05, 3.63) is 47.0 Å². The average Bonchev–Trinajstić information content (AvgIpc) is 2.43. The first-order valence-electron chi connectivity index (χ1n) is 6.58. The van der Waals surface area contributed by atoms with Crippen LogP contribution in [0.3, 0.4) is 0 Å². The van der Waals surface area contributed by atoms with E-state index in [2.05, 4.69) is 15.3 Å². The van der Waals surface area contributed by atoms with Gasteiger partial charge in [-0.2, -0.15) is 4.98 Å². The summed E-state index contributed by atoms with van der Waals surface area (Å²) in [7, 11) is 0. The number of nitrogens with zero attached hydrogens (tertiary/aromatic N) is 2. The molecule has 0 amide bonds. The number of nitrogens with one attached hydrogen (secondary N) is 1. The minimum atomic E-state index is -0.384. The number of hydrogen-bond acceptors (Lipinski definition) is 4. The zero-order chi connectivity index (χ0) is 14.5. The lowest BCUT2D eigenvalue weighted by Gasteiger charge is -2.09. The van der Waals surface area contributed by atoms with E-state index in [1.165, 1.54) is 0 Å². The fourth-order valence-corrected chi connectivity index (χ4v) is 1.75. The molecule has 1 N–H and O–H groups in total. The van der Waals surface area contributed by atoms with E-state index < -0.39 is 0 Å². The van der Waals surface area contributed by atoms with E-state index in [9.17, 15) is 4.39 Å². The van der Waals surface area contributed by atoms with Gasteiger partial charge < -0.3 is 10.1 Å². The Labute approximate surface area is 118 Å². The molecule has 4 nitrogen and oxygen atoms in total. The summed E-state index contributed by atoms with van der Waals surface area (Å²) in [5.74, 6) is -0.241. The number of benzene rings is 1. The molecular weight excluding hydrogens is 257 g/mol. The third-order valence-electron chi connectivity index (χ3n) is 2.98. The van der Waals surface area contributed by atoms with Crippen molar-refractivity contribution in [2.75, 3.05) is 6.54 Å². The van der Waals surface area contributed by atoms with Crippen LogP contribution in [0.15, 0.2) is 24.4 Å². The van der Waals surface area contributed by atoms with Crippen LogP contribution >= 0.6 is 0 Å². The van der Waals surface area contributed by atoms with Gasteiger partial charge in [-0.25, -0.2) is 9.37 Å². The van der Waals surface area contributed by atoms with Crippen LogP contribution < -0.4 is 10.1 Å². The number of rotatable bonds is 5. The van der Waals surface area contributed by atoms with E-state index in [1.54, 1.807) is 31.3 Å². The number of halogens is 1. The van der Waals surface area contributed by atoms with Crippen LogP contribution in [-0.4, -0.2) is 16.5 Å². The van der Waals surface area contributed by atoms with Gasteiger partial charge in [-0.15, -0.1) is 0 Å². The van der Waals surface area contributed by atoms with Crippen LogP contribution in [-0.2, 0) is 6.54 Å². The fraction of sp³-hybridized carbons (Fsp3) is 0.333. The summed E-state index contributed by atoms with van der Waals surface area (Å²) in [6.07, 6.45) is 1.70. The SMILES string of the molecule is CCNCc1cnc(Oc2cccc(C)c2F)nc1C. The number of aromatic nitrogens is 2. The molecule has 1 aromatic heterocycles. The van der Waals surface area contributed by atoms with Crippen LogP contribution in [0.2, 0.25) is 0 Å². The summed E-state index contributed by atoms with van der Waals surface area (Å²) in [6, 6.07) is 5.15. The molecule has 0 spiro atoms. The Kier molecular flexibility index (Phi) is 4.63. The molecule has 0 atom stereocenters. The van der Waals surface area contributed by atoms with Crippen molar-refractivity contribution in [2.45, 2.75) is 27.3 Å². The highest BCUT2D eigenvalue weighted by molar-refractivity contribution is 5.32. The molecule has 2 rings (SSSR count). The van der Waals surface area contributed by atoms with Crippen LogP contribution in [0.4, 0.5) is 4.39 Å². The number of ether oxygens (including phenoxy) is 1. The lowest BCUT2D eigenvalue weighted by Crippen LogP contribution is -2.13. The highest BCUT2D eigenvalue weighted by Crippen LogP contribution is 2.24. The first-order chi connectivity index (χ1) is 9.61. The first kappa shape index (κ1) is 14.4. The lowest BCUT2D eigenvalue weighted by atomic mass is 10.2. The van der Waals surface area contributed by atoms with Crippen molar-refractivity contribution < 1.29 is 9.13 Å². The van der Waals surface area contributed by atoms with Crippen LogP contribution in [0.1, 0.15) is 23.7 Å². The molecular formula is C15H18FN3O. The number of aryl methyl sites for hydroxylation is 2. The normalized spacial score (nSPS) is 10.6. The Hall–Kier alpha value is -2.01. The first-order valence-corrected chi connectivity index (χ1v) is 6.58. The van der Waals surface area contributed by atoms with Crippen molar-refractivity contribution in [3.8, 4) is 11.8 Å². The number of hydrogen-bond donors (Lipinski definition) is 1. The largest absolute Gasteiger partial charge is 0.421 e. The van der Waals surface area contributed by atoms with Gasteiger partial charge in [0.2, 0.25) is 0 Å². The van der Waals surface area contributed by atoms with Gasteiger partial charge in [-0.1, -0.05) is 19.1 Å². The minimum absolute atomic E-state index is 0.142. The van der Waals surface area contributed by atoms with Crippen molar-refractivity contribution in [3.63, 3.8) is 0 Å². The Balaban J connectivity index is 2.18. The predicted molar refractivity (Wildman–Crippen MR) is 75.4 cm³/mol. The summed E-state index contributed by atoms with van der Waals surface area (Å²) >= 11 is 0. The highest BCUT2D eigenvalue weighted by Gasteiger charge is 2.10. The van der Waals surface area contributed by atoms with Crippen molar-refractivity contribution in [1.29, 1.82) is 0 Å². The van der Waals surface area contributed by atoms with E-state index in [1.807, 2.05) is 13.8 Å². The summed E-state index contributed by atoms with van der Waals surface area (Å²) in [5, 5.41) is 3.21. The summed E-state index contributed by atoms with van der Waals surface area (Å²) < 4.78 is 19.3. The molecule has 0 bridgehead atoms. The van der Waals surface area contributed by atoms with Gasteiger partial charge in [-0.05, 0) is 32.0 Å². The van der Waals surface area contributed by atoms with Crippen LogP contribution in [0.5, 0.6) is 11.8 Å². The Morgan fingerprint density at radius 1 is 1.30 bits per heavy atom. The Bertz CT molecular complexity index is 602. The zero-order valence-corrected chi connectivity index (χ0v) is 11.9. The Morgan fingerprint density at radius 3 is 2.80 bits per heavy atom. The standard InChI is InChI=1S/C15H18FN3O/c1-4-17-8-12-9-18-15(19-11(12)3)20-13-7-5-6-10(2)14(13)16/h5-7,9,17H,4,8H2,1-3H3. The molecule has 20 heavy (non-hydrogen) atoms. The predicted octanol–water partition coefficient (Wildman–Crippen LogP) is 3.13. The molecule has 0 saturated carbocycles. The molecule has 0 aliphatic heterocycles. The average molecular weight is 275 g/mol. The Morgan fingerprint density at radius 2 is 2.10 bits per heavy atom. The highest BCUT2D eigenvalue weighted by atomic mass is 19.1. The third kappa shape index (κ3) is 3.30. The van der Waals surface area contributed by atoms with E-state index in [4.69, 9.17) is 4.74 Å². The molecule has 0 radical (unpaired) electrons. The monoisotopic (exact) mass is 275 g/mol. The maximum absolute atomic E-state index is 13.8. The zero-order valence-electron chi connectivity index (χ0n) is 11.9. The molecule has 1 aromatic carbocycles. The van der Waals surface area contributed by atoms with Gasteiger partial charge in [0.1, 0.15) is 0 Å². The molecule has 0 fully saturated rings. The van der Waals surface area contributed by atoms with E-state index in [-0.39, 0.29) is 17.6 Å². The minimum Gasteiger partial charge on any atom is -0.421 e. The lowest BCUT2D eigenvalue weighted by molar-refractivity contribution is 0.407. The van der Waals surface area contributed by atoms with Gasteiger partial charge in [0, 0.05) is 24.0 Å². The topological polar surface area (TPSA) is 47.0 Å². The molecule has 106 valence electrons. The van der Waals surface area contributed by atoms with Gasteiger partial charge in [0.25, 0.3) is 0 Å². The second-order valence-corrected chi connectivity index (χ2v) is 4.53. The maximum atomic E-state index is 13.8.